The van der Waals surface area contributed by atoms with Crippen molar-refractivity contribution in [1.82, 2.24) is 15.2 Å². The SMILES string of the molecule is CC(C)CCNC(=O)c1ccccc1N1C(=O)[C@@H]2Cc3c([nH]c4ccccc34)[C@@H](c3ccc(F)cc3)N2C1=O. The molecule has 0 unspecified atom stereocenters. The van der Waals surface area contributed by atoms with Crippen molar-refractivity contribution in [3.63, 3.8) is 0 Å². The van der Waals surface area contributed by atoms with Crippen LogP contribution in [0, 0.1) is 11.7 Å². The predicted octanol–water partition coefficient (Wildman–Crippen LogP) is 5.57. The van der Waals surface area contributed by atoms with Crippen LogP contribution in [0.25, 0.3) is 10.9 Å². The smallest absolute Gasteiger partial charge is 0.332 e. The number of rotatable bonds is 6. The Bertz CT molecular complexity index is 1590. The summed E-state index contributed by atoms with van der Waals surface area (Å²) in [5.74, 6) is -0.672. The third-order valence-corrected chi connectivity index (χ3v) is 7.63. The number of carbonyl (C=O) groups excluding carboxylic acids is 3. The zero-order valence-electron chi connectivity index (χ0n) is 21.8. The molecule has 2 atom stereocenters. The van der Waals surface area contributed by atoms with Crippen LogP contribution in [0.2, 0.25) is 0 Å². The number of nitrogens with one attached hydrogen (secondary N) is 2. The molecule has 6 rings (SSSR count). The number of carbonyl (C=O) groups is 3. The Hall–Kier alpha value is -4.46. The maximum Gasteiger partial charge on any atom is 0.332 e. The van der Waals surface area contributed by atoms with Crippen LogP contribution in [0.1, 0.15) is 53.5 Å². The number of urea groups is 1. The number of nitrogens with zero attached hydrogens (tertiary/aromatic N) is 2. The number of aromatic amines is 1. The van der Waals surface area contributed by atoms with Gasteiger partial charge in [0, 0.05) is 29.6 Å². The van der Waals surface area contributed by atoms with Crippen LogP contribution < -0.4 is 10.2 Å². The number of amides is 4. The molecular weight excluding hydrogens is 495 g/mol. The molecule has 2 N–H and O–H groups in total. The molecule has 2 aliphatic rings. The molecule has 0 spiro atoms. The van der Waals surface area contributed by atoms with Crippen molar-refractivity contribution in [3.8, 4) is 0 Å². The number of hydrogen-bond acceptors (Lipinski definition) is 3. The third-order valence-electron chi connectivity index (χ3n) is 7.63. The second-order valence-corrected chi connectivity index (χ2v) is 10.6. The van der Waals surface area contributed by atoms with Gasteiger partial charge in [0.2, 0.25) is 0 Å². The fourth-order valence-corrected chi connectivity index (χ4v) is 5.72. The van der Waals surface area contributed by atoms with E-state index in [0.717, 1.165) is 33.5 Å². The summed E-state index contributed by atoms with van der Waals surface area (Å²) in [6.07, 6.45) is 1.15. The fourth-order valence-electron chi connectivity index (χ4n) is 5.72. The second-order valence-electron chi connectivity index (χ2n) is 10.6. The number of para-hydroxylation sites is 2. The minimum Gasteiger partial charge on any atom is -0.356 e. The van der Waals surface area contributed by atoms with Crippen molar-refractivity contribution in [1.29, 1.82) is 0 Å². The van der Waals surface area contributed by atoms with Gasteiger partial charge in [-0.1, -0.05) is 56.3 Å². The van der Waals surface area contributed by atoms with E-state index in [-0.39, 0.29) is 28.9 Å². The molecule has 1 aromatic heterocycles. The van der Waals surface area contributed by atoms with Crippen molar-refractivity contribution in [2.45, 2.75) is 38.8 Å². The lowest BCUT2D eigenvalue weighted by molar-refractivity contribution is -0.120. The molecule has 7 nitrogen and oxygen atoms in total. The highest BCUT2D eigenvalue weighted by Crippen LogP contribution is 2.45. The van der Waals surface area contributed by atoms with Crippen molar-refractivity contribution >= 4 is 34.4 Å². The molecular formula is C31H29FN4O3. The number of fused-ring (bicyclic) bond motifs is 4. The van der Waals surface area contributed by atoms with E-state index in [2.05, 4.69) is 24.1 Å². The van der Waals surface area contributed by atoms with Gasteiger partial charge in [0.1, 0.15) is 17.9 Å². The van der Waals surface area contributed by atoms with Crippen LogP contribution in [0.3, 0.4) is 0 Å². The average Bonchev–Trinajstić information content (AvgIpc) is 3.42. The molecule has 39 heavy (non-hydrogen) atoms. The van der Waals surface area contributed by atoms with Gasteiger partial charge >= 0.3 is 6.03 Å². The second kappa shape index (κ2) is 9.69. The normalized spacial score (nSPS) is 18.6. The molecule has 3 aromatic carbocycles. The zero-order valence-corrected chi connectivity index (χ0v) is 21.8. The number of anilines is 1. The number of hydrogen-bond donors (Lipinski definition) is 2. The lowest BCUT2D eigenvalue weighted by Gasteiger charge is -2.36. The maximum absolute atomic E-state index is 14.1. The van der Waals surface area contributed by atoms with E-state index in [0.29, 0.717) is 24.4 Å². The van der Waals surface area contributed by atoms with E-state index in [1.807, 2.05) is 24.3 Å². The Morgan fingerprint density at radius 1 is 1.03 bits per heavy atom. The molecule has 3 heterocycles. The van der Waals surface area contributed by atoms with Gasteiger partial charge in [0.25, 0.3) is 11.8 Å². The van der Waals surface area contributed by atoms with E-state index < -0.39 is 18.1 Å². The Kier molecular flexibility index (Phi) is 6.17. The first-order chi connectivity index (χ1) is 18.8. The number of aromatic nitrogens is 1. The Labute approximate surface area is 225 Å². The molecule has 198 valence electrons. The van der Waals surface area contributed by atoms with E-state index in [9.17, 15) is 18.8 Å². The van der Waals surface area contributed by atoms with E-state index >= 15 is 0 Å². The lowest BCUT2D eigenvalue weighted by atomic mass is 9.89. The molecule has 4 amide bonds. The summed E-state index contributed by atoms with van der Waals surface area (Å²) in [5, 5.41) is 3.90. The van der Waals surface area contributed by atoms with E-state index in [1.165, 1.54) is 12.1 Å². The number of benzene rings is 3. The lowest BCUT2D eigenvalue weighted by Crippen LogP contribution is -2.44. The Balaban J connectivity index is 1.43. The van der Waals surface area contributed by atoms with Gasteiger partial charge in [-0.15, -0.1) is 0 Å². The highest BCUT2D eigenvalue weighted by Gasteiger charge is 2.53. The monoisotopic (exact) mass is 524 g/mol. The van der Waals surface area contributed by atoms with E-state index in [1.54, 1.807) is 41.3 Å². The number of halogens is 1. The number of H-pyrrole nitrogens is 1. The van der Waals surface area contributed by atoms with Crippen LogP contribution in [0.15, 0.2) is 72.8 Å². The predicted molar refractivity (Wildman–Crippen MR) is 147 cm³/mol. The molecule has 0 bridgehead atoms. The third kappa shape index (κ3) is 4.16. The van der Waals surface area contributed by atoms with Crippen LogP contribution >= 0.6 is 0 Å². The highest BCUT2D eigenvalue weighted by molar-refractivity contribution is 6.24. The standard InChI is InChI=1S/C31H29FN4O3/c1-18(2)15-16-33-29(37)22-8-4-6-10-25(22)36-30(38)26-17-23-21-7-3-5-9-24(21)34-27(23)28(35(26)31(36)39)19-11-13-20(32)14-12-19/h3-14,18,26,28,34H,15-17H2,1-2H3,(H,33,37)/t26-,28+/m0/s1. The molecule has 1 fully saturated rings. The summed E-state index contributed by atoms with van der Waals surface area (Å²) < 4.78 is 13.9. The minimum absolute atomic E-state index is 0.260. The van der Waals surface area contributed by atoms with Gasteiger partial charge in [-0.2, -0.15) is 0 Å². The fraction of sp³-hybridized carbons (Fsp3) is 0.258. The van der Waals surface area contributed by atoms with Crippen molar-refractivity contribution < 1.29 is 18.8 Å². The Morgan fingerprint density at radius 3 is 2.51 bits per heavy atom. The quantitative estimate of drug-likeness (QED) is 0.324. The first-order valence-electron chi connectivity index (χ1n) is 13.2. The molecule has 1 saturated heterocycles. The van der Waals surface area contributed by atoms with Crippen LogP contribution in [0.5, 0.6) is 0 Å². The summed E-state index contributed by atoms with van der Waals surface area (Å²) >= 11 is 0. The molecule has 0 aliphatic carbocycles. The summed E-state index contributed by atoms with van der Waals surface area (Å²) in [6, 6.07) is 18.6. The zero-order chi connectivity index (χ0) is 27.3. The summed E-state index contributed by atoms with van der Waals surface area (Å²) in [5.41, 5.74) is 3.90. The van der Waals surface area contributed by atoms with Gasteiger partial charge in [0.05, 0.1) is 11.3 Å². The molecule has 0 radical (unpaired) electrons. The van der Waals surface area contributed by atoms with Gasteiger partial charge in [-0.25, -0.2) is 14.1 Å². The van der Waals surface area contributed by atoms with Gasteiger partial charge in [0.15, 0.2) is 0 Å². The van der Waals surface area contributed by atoms with Gasteiger partial charge in [-0.05, 0) is 53.8 Å². The van der Waals surface area contributed by atoms with Crippen LogP contribution in [-0.4, -0.2) is 40.3 Å². The number of imide groups is 1. The molecule has 4 aromatic rings. The van der Waals surface area contributed by atoms with Gasteiger partial charge in [-0.3, -0.25) is 14.5 Å². The van der Waals surface area contributed by atoms with Crippen LogP contribution in [-0.2, 0) is 11.2 Å². The minimum atomic E-state index is -0.767. The summed E-state index contributed by atoms with van der Waals surface area (Å²) in [6.45, 7) is 4.65. The van der Waals surface area contributed by atoms with Crippen molar-refractivity contribution in [2.75, 3.05) is 11.4 Å². The first kappa shape index (κ1) is 24.9. The van der Waals surface area contributed by atoms with Gasteiger partial charge < -0.3 is 10.3 Å². The summed E-state index contributed by atoms with van der Waals surface area (Å²) in [4.78, 5) is 47.4. The molecule has 2 aliphatic heterocycles. The summed E-state index contributed by atoms with van der Waals surface area (Å²) in [7, 11) is 0. The van der Waals surface area contributed by atoms with Crippen molar-refractivity contribution in [3.05, 3.63) is 101 Å². The average molecular weight is 525 g/mol. The Morgan fingerprint density at radius 2 is 1.74 bits per heavy atom. The first-order valence-corrected chi connectivity index (χ1v) is 13.2. The molecule has 8 heteroatoms. The topological polar surface area (TPSA) is 85.5 Å². The largest absolute Gasteiger partial charge is 0.356 e. The van der Waals surface area contributed by atoms with E-state index in [4.69, 9.17) is 0 Å². The van der Waals surface area contributed by atoms with Crippen molar-refractivity contribution in [2.24, 2.45) is 5.92 Å². The highest BCUT2D eigenvalue weighted by atomic mass is 19.1. The molecule has 0 saturated carbocycles. The maximum atomic E-state index is 14.1. The van der Waals surface area contributed by atoms with Crippen LogP contribution in [0.4, 0.5) is 14.9 Å².